The lowest BCUT2D eigenvalue weighted by Crippen LogP contribution is -2.28. The van der Waals surface area contributed by atoms with Crippen LogP contribution in [0.25, 0.3) is 11.1 Å². The van der Waals surface area contributed by atoms with Crippen molar-refractivity contribution in [1.82, 2.24) is 4.90 Å². The molecular formula is C22H26N2O4. The van der Waals surface area contributed by atoms with Gasteiger partial charge in [0.15, 0.2) is 0 Å². The van der Waals surface area contributed by atoms with Gasteiger partial charge in [-0.05, 0) is 48.6 Å². The number of carboxylic acids is 1. The predicted molar refractivity (Wildman–Crippen MR) is 109 cm³/mol. The number of hydrogen-bond acceptors (Lipinski definition) is 4. The van der Waals surface area contributed by atoms with E-state index in [0.29, 0.717) is 36.5 Å². The maximum atomic E-state index is 11.1. The Hall–Kier alpha value is -3.15. The van der Waals surface area contributed by atoms with Gasteiger partial charge in [0, 0.05) is 18.5 Å². The van der Waals surface area contributed by atoms with Crippen LogP contribution in [0.5, 0.6) is 5.75 Å². The van der Waals surface area contributed by atoms with E-state index < -0.39 is 5.97 Å². The fraction of sp³-hybridized carbons (Fsp3) is 0.318. The Morgan fingerprint density at radius 1 is 1.18 bits per heavy atom. The van der Waals surface area contributed by atoms with Crippen LogP contribution in [0.3, 0.4) is 0 Å². The summed E-state index contributed by atoms with van der Waals surface area (Å²) >= 11 is 0. The molecule has 2 rings (SSSR count). The monoisotopic (exact) mass is 382 g/mol. The number of amides is 1. The summed E-state index contributed by atoms with van der Waals surface area (Å²) in [6.45, 7) is 2.37. The molecule has 0 aliphatic rings. The van der Waals surface area contributed by atoms with Crippen LogP contribution in [0, 0.1) is 5.41 Å². The Morgan fingerprint density at radius 3 is 2.43 bits per heavy atom. The first-order chi connectivity index (χ1) is 13.5. The average molecular weight is 382 g/mol. The minimum Gasteiger partial charge on any atom is -0.496 e. The van der Waals surface area contributed by atoms with Gasteiger partial charge in [0.25, 0.3) is 0 Å². The quantitative estimate of drug-likeness (QED) is 0.372. The number of methoxy groups -OCH3 is 1. The standard InChI is InChI=1S/C22H26N2O4/c1-3-24(15-25)21(23)6-4-5-16-7-9-17(10-8-16)18-11-12-20(28-2)19(13-18)14-22(26)27/h7-13,15,23H,3-6,14H2,1-2H3,(H,26,27). The van der Waals surface area contributed by atoms with Crippen molar-refractivity contribution in [3.8, 4) is 16.9 Å². The van der Waals surface area contributed by atoms with Gasteiger partial charge in [0.05, 0.1) is 13.5 Å². The van der Waals surface area contributed by atoms with Gasteiger partial charge in [-0.15, -0.1) is 0 Å². The van der Waals surface area contributed by atoms with Crippen molar-refractivity contribution in [3.63, 3.8) is 0 Å². The first-order valence-electron chi connectivity index (χ1n) is 9.25. The zero-order valence-electron chi connectivity index (χ0n) is 16.3. The fourth-order valence-corrected chi connectivity index (χ4v) is 3.06. The third-order valence-electron chi connectivity index (χ3n) is 4.60. The molecule has 2 aromatic carbocycles. The highest BCUT2D eigenvalue weighted by atomic mass is 16.5. The molecule has 28 heavy (non-hydrogen) atoms. The maximum Gasteiger partial charge on any atom is 0.307 e. The SMILES string of the molecule is CCN(C=O)C(=N)CCCc1ccc(-c2ccc(OC)c(CC(=O)O)c2)cc1. The van der Waals surface area contributed by atoms with Crippen molar-refractivity contribution in [2.24, 2.45) is 0 Å². The van der Waals surface area contributed by atoms with Crippen LogP contribution in [0.2, 0.25) is 0 Å². The van der Waals surface area contributed by atoms with E-state index >= 15 is 0 Å². The Kier molecular flexibility index (Phi) is 7.75. The van der Waals surface area contributed by atoms with Gasteiger partial charge in [-0.1, -0.05) is 30.3 Å². The highest BCUT2D eigenvalue weighted by Crippen LogP contribution is 2.27. The van der Waals surface area contributed by atoms with Gasteiger partial charge in [0.2, 0.25) is 6.41 Å². The lowest BCUT2D eigenvalue weighted by atomic mass is 9.98. The number of carboxylic acid groups (broad SMARTS) is 1. The molecule has 6 heteroatoms. The normalized spacial score (nSPS) is 10.4. The lowest BCUT2D eigenvalue weighted by Gasteiger charge is -2.15. The van der Waals surface area contributed by atoms with Gasteiger partial charge in [-0.3, -0.25) is 15.0 Å². The van der Waals surface area contributed by atoms with Gasteiger partial charge in [-0.25, -0.2) is 0 Å². The second kappa shape index (κ2) is 10.3. The van der Waals surface area contributed by atoms with E-state index in [1.807, 2.05) is 43.3 Å². The molecule has 0 aliphatic carbocycles. The maximum absolute atomic E-state index is 11.1. The van der Waals surface area contributed by atoms with Crippen LogP contribution in [0.15, 0.2) is 42.5 Å². The molecule has 148 valence electrons. The first kappa shape index (κ1) is 21.2. The Bertz CT molecular complexity index is 831. The number of aryl methyl sites for hydroxylation is 1. The average Bonchev–Trinajstić information content (AvgIpc) is 2.69. The molecular weight excluding hydrogens is 356 g/mol. The lowest BCUT2D eigenvalue weighted by molar-refractivity contribution is -0.136. The van der Waals surface area contributed by atoms with E-state index in [0.717, 1.165) is 29.5 Å². The third kappa shape index (κ3) is 5.67. The first-order valence-corrected chi connectivity index (χ1v) is 9.25. The molecule has 0 unspecified atom stereocenters. The van der Waals surface area contributed by atoms with Crippen LogP contribution in [-0.2, 0) is 22.4 Å². The molecule has 0 spiro atoms. The topological polar surface area (TPSA) is 90.7 Å². The Balaban J connectivity index is 2.03. The summed E-state index contributed by atoms with van der Waals surface area (Å²) in [6, 6.07) is 13.7. The molecule has 0 atom stereocenters. The number of carbonyl (C=O) groups excluding carboxylic acids is 1. The summed E-state index contributed by atoms with van der Waals surface area (Å²) in [5.41, 5.74) is 3.74. The second-order valence-corrected chi connectivity index (χ2v) is 6.49. The number of rotatable bonds is 10. The molecule has 0 radical (unpaired) electrons. The number of hydrogen-bond donors (Lipinski definition) is 2. The largest absolute Gasteiger partial charge is 0.496 e. The van der Waals surface area contributed by atoms with E-state index in [-0.39, 0.29) is 6.42 Å². The van der Waals surface area contributed by atoms with Crippen LogP contribution in [0.1, 0.15) is 30.9 Å². The highest BCUT2D eigenvalue weighted by molar-refractivity contribution is 5.88. The number of benzene rings is 2. The summed E-state index contributed by atoms with van der Waals surface area (Å²) in [4.78, 5) is 23.3. The molecule has 0 saturated heterocycles. The molecule has 2 N–H and O–H groups in total. The summed E-state index contributed by atoms with van der Waals surface area (Å²) in [7, 11) is 1.53. The molecule has 0 aliphatic heterocycles. The van der Waals surface area contributed by atoms with E-state index in [2.05, 4.69) is 0 Å². The smallest absolute Gasteiger partial charge is 0.307 e. The highest BCUT2D eigenvalue weighted by Gasteiger charge is 2.10. The minimum atomic E-state index is -0.896. The van der Waals surface area contributed by atoms with Crippen molar-refractivity contribution in [2.45, 2.75) is 32.6 Å². The molecule has 0 aromatic heterocycles. The van der Waals surface area contributed by atoms with E-state index in [4.69, 9.17) is 15.3 Å². The summed E-state index contributed by atoms with van der Waals surface area (Å²) < 4.78 is 5.25. The van der Waals surface area contributed by atoms with Gasteiger partial charge in [-0.2, -0.15) is 0 Å². The van der Waals surface area contributed by atoms with Crippen LogP contribution in [0.4, 0.5) is 0 Å². The minimum absolute atomic E-state index is 0.0867. The van der Waals surface area contributed by atoms with Crippen molar-refractivity contribution >= 4 is 18.2 Å². The van der Waals surface area contributed by atoms with E-state index in [9.17, 15) is 9.59 Å². The number of carbonyl (C=O) groups is 2. The van der Waals surface area contributed by atoms with Crippen molar-refractivity contribution < 1.29 is 19.4 Å². The molecule has 0 fully saturated rings. The van der Waals surface area contributed by atoms with Crippen molar-refractivity contribution in [1.29, 1.82) is 5.41 Å². The Labute approximate surface area is 165 Å². The predicted octanol–water partition coefficient (Wildman–Crippen LogP) is 3.77. The zero-order chi connectivity index (χ0) is 20.5. The van der Waals surface area contributed by atoms with Crippen molar-refractivity contribution in [3.05, 3.63) is 53.6 Å². The number of nitrogens with zero attached hydrogens (tertiary/aromatic N) is 1. The molecule has 0 saturated carbocycles. The van der Waals surface area contributed by atoms with Crippen LogP contribution >= 0.6 is 0 Å². The zero-order valence-corrected chi connectivity index (χ0v) is 16.3. The summed E-state index contributed by atoms with van der Waals surface area (Å²) in [5.74, 6) is 0.0209. The molecule has 0 heterocycles. The van der Waals surface area contributed by atoms with Gasteiger partial charge in [0.1, 0.15) is 11.6 Å². The fourth-order valence-electron chi connectivity index (χ4n) is 3.06. The number of aliphatic carboxylic acids is 1. The third-order valence-corrected chi connectivity index (χ3v) is 4.60. The summed E-state index contributed by atoms with van der Waals surface area (Å²) in [6.07, 6.45) is 2.80. The van der Waals surface area contributed by atoms with Crippen molar-refractivity contribution in [2.75, 3.05) is 13.7 Å². The van der Waals surface area contributed by atoms with Gasteiger partial charge >= 0.3 is 5.97 Å². The number of nitrogens with one attached hydrogen (secondary N) is 1. The van der Waals surface area contributed by atoms with Crippen LogP contribution in [-0.4, -0.2) is 41.9 Å². The number of ether oxygens (including phenoxy) is 1. The molecule has 2 aromatic rings. The van der Waals surface area contributed by atoms with Gasteiger partial charge < -0.3 is 14.7 Å². The molecule has 0 bridgehead atoms. The number of amidine groups is 1. The Morgan fingerprint density at radius 2 is 1.86 bits per heavy atom. The van der Waals surface area contributed by atoms with E-state index in [1.54, 1.807) is 6.07 Å². The molecule has 1 amide bonds. The summed E-state index contributed by atoms with van der Waals surface area (Å²) in [5, 5.41) is 17.0. The second-order valence-electron chi connectivity index (χ2n) is 6.49. The van der Waals surface area contributed by atoms with E-state index in [1.165, 1.54) is 12.0 Å². The molecule has 6 nitrogen and oxygen atoms in total. The van der Waals surface area contributed by atoms with Crippen LogP contribution < -0.4 is 4.74 Å².